The first kappa shape index (κ1) is 16.8. The summed E-state index contributed by atoms with van der Waals surface area (Å²) in [6.45, 7) is 1.92. The molecule has 0 saturated carbocycles. The van der Waals surface area contributed by atoms with Crippen LogP contribution in [-0.4, -0.2) is 32.3 Å². The highest BCUT2D eigenvalue weighted by Crippen LogP contribution is 2.29. The highest BCUT2D eigenvalue weighted by molar-refractivity contribution is 7.98. The Morgan fingerprint density at radius 3 is 2.81 bits per heavy atom. The molecular weight excluding hydrogens is 370 g/mol. The standard InChI is InChI=1S/C17H15N5O2S2/c1-11-14(18-16(24-11)15-4-3-9-25-15)10-26-17-19-20-21-22(17)12-5-7-13(23-2)8-6-12/h3-9H,10H2,1-2H3. The number of hydrogen-bond acceptors (Lipinski definition) is 8. The molecular formula is C17H15N5O2S2. The van der Waals surface area contributed by atoms with E-state index in [4.69, 9.17) is 9.15 Å². The molecule has 0 unspecified atom stereocenters. The molecule has 0 aliphatic carbocycles. The zero-order valence-corrected chi connectivity index (χ0v) is 15.8. The number of tetrazole rings is 1. The molecule has 0 aliphatic heterocycles. The molecule has 0 amide bonds. The van der Waals surface area contributed by atoms with Gasteiger partial charge in [0.25, 0.3) is 0 Å². The van der Waals surface area contributed by atoms with Crippen LogP contribution in [0.2, 0.25) is 0 Å². The van der Waals surface area contributed by atoms with Crippen molar-refractivity contribution in [1.82, 2.24) is 25.2 Å². The third-order valence-electron chi connectivity index (χ3n) is 3.72. The van der Waals surface area contributed by atoms with E-state index in [1.807, 2.05) is 48.7 Å². The van der Waals surface area contributed by atoms with Gasteiger partial charge in [-0.15, -0.1) is 16.4 Å². The molecule has 0 saturated heterocycles. The SMILES string of the molecule is COc1ccc(-n2nnnc2SCc2nc(-c3cccs3)oc2C)cc1. The lowest BCUT2D eigenvalue weighted by atomic mass is 10.3. The van der Waals surface area contributed by atoms with Gasteiger partial charge in [-0.05, 0) is 53.1 Å². The second-order valence-electron chi connectivity index (χ2n) is 5.36. The zero-order chi connectivity index (χ0) is 17.9. The van der Waals surface area contributed by atoms with E-state index >= 15 is 0 Å². The summed E-state index contributed by atoms with van der Waals surface area (Å²) in [6.07, 6.45) is 0. The third-order valence-corrected chi connectivity index (χ3v) is 5.51. The van der Waals surface area contributed by atoms with Gasteiger partial charge in [0.1, 0.15) is 11.5 Å². The van der Waals surface area contributed by atoms with Crippen LogP contribution in [0, 0.1) is 6.92 Å². The summed E-state index contributed by atoms with van der Waals surface area (Å²) in [5, 5.41) is 14.7. The Morgan fingerprint density at radius 2 is 2.08 bits per heavy atom. The number of oxazole rings is 1. The minimum absolute atomic E-state index is 0.622. The van der Waals surface area contributed by atoms with Gasteiger partial charge in [0.2, 0.25) is 11.0 Å². The number of thioether (sulfide) groups is 1. The molecule has 132 valence electrons. The molecule has 1 aromatic carbocycles. The maximum atomic E-state index is 5.78. The average molecular weight is 385 g/mol. The van der Waals surface area contributed by atoms with E-state index in [-0.39, 0.29) is 0 Å². The number of thiophene rings is 1. The zero-order valence-electron chi connectivity index (χ0n) is 14.1. The van der Waals surface area contributed by atoms with Crippen LogP contribution in [0.1, 0.15) is 11.5 Å². The molecule has 0 aliphatic rings. The molecule has 3 aromatic heterocycles. The molecule has 0 radical (unpaired) electrons. The molecule has 0 atom stereocenters. The highest BCUT2D eigenvalue weighted by Gasteiger charge is 2.15. The Morgan fingerprint density at radius 1 is 1.23 bits per heavy atom. The Hall–Kier alpha value is -2.65. The third kappa shape index (κ3) is 3.35. The van der Waals surface area contributed by atoms with Crippen LogP contribution in [0.3, 0.4) is 0 Å². The molecule has 0 fully saturated rings. The van der Waals surface area contributed by atoms with Crippen molar-refractivity contribution >= 4 is 23.1 Å². The van der Waals surface area contributed by atoms with Crippen LogP contribution in [-0.2, 0) is 5.75 Å². The Kier molecular flexibility index (Phi) is 4.72. The van der Waals surface area contributed by atoms with E-state index in [1.165, 1.54) is 11.8 Å². The van der Waals surface area contributed by atoms with Gasteiger partial charge in [0.15, 0.2) is 0 Å². The van der Waals surface area contributed by atoms with E-state index in [0.29, 0.717) is 16.8 Å². The molecule has 9 heteroatoms. The molecule has 0 N–H and O–H groups in total. The molecule has 3 heterocycles. The van der Waals surface area contributed by atoms with Gasteiger partial charge in [-0.2, -0.15) is 4.68 Å². The lowest BCUT2D eigenvalue weighted by molar-refractivity contribution is 0.414. The van der Waals surface area contributed by atoms with E-state index in [9.17, 15) is 0 Å². The number of aryl methyl sites for hydroxylation is 1. The van der Waals surface area contributed by atoms with Crippen molar-refractivity contribution in [3.63, 3.8) is 0 Å². The van der Waals surface area contributed by atoms with Gasteiger partial charge in [0.05, 0.1) is 23.4 Å². The Balaban J connectivity index is 1.51. The van der Waals surface area contributed by atoms with Gasteiger partial charge in [-0.3, -0.25) is 0 Å². The molecule has 0 bridgehead atoms. The fraction of sp³-hybridized carbons (Fsp3) is 0.176. The average Bonchev–Trinajstić information content (AvgIpc) is 3.41. The van der Waals surface area contributed by atoms with Gasteiger partial charge in [-0.25, -0.2) is 4.98 Å². The largest absolute Gasteiger partial charge is 0.497 e. The van der Waals surface area contributed by atoms with E-state index in [2.05, 4.69) is 20.5 Å². The number of aromatic nitrogens is 5. The summed E-state index contributed by atoms with van der Waals surface area (Å²) in [7, 11) is 1.64. The second kappa shape index (κ2) is 7.30. The van der Waals surface area contributed by atoms with Crippen molar-refractivity contribution in [3.05, 3.63) is 53.2 Å². The van der Waals surface area contributed by atoms with Crippen molar-refractivity contribution in [2.75, 3.05) is 7.11 Å². The predicted molar refractivity (Wildman–Crippen MR) is 99.8 cm³/mol. The van der Waals surface area contributed by atoms with E-state index in [0.717, 1.165) is 27.8 Å². The van der Waals surface area contributed by atoms with Crippen LogP contribution < -0.4 is 4.74 Å². The highest BCUT2D eigenvalue weighted by atomic mass is 32.2. The number of methoxy groups -OCH3 is 1. The fourth-order valence-electron chi connectivity index (χ4n) is 2.35. The normalized spacial score (nSPS) is 11.0. The Bertz CT molecular complexity index is 993. The summed E-state index contributed by atoms with van der Waals surface area (Å²) in [4.78, 5) is 5.63. The van der Waals surface area contributed by atoms with Gasteiger partial charge in [0, 0.05) is 5.75 Å². The van der Waals surface area contributed by atoms with Crippen molar-refractivity contribution in [1.29, 1.82) is 0 Å². The molecule has 0 spiro atoms. The van der Waals surface area contributed by atoms with Crippen LogP contribution in [0.25, 0.3) is 16.5 Å². The summed E-state index contributed by atoms with van der Waals surface area (Å²) in [6, 6.07) is 11.6. The first-order valence-corrected chi connectivity index (χ1v) is 9.67. The number of benzene rings is 1. The fourth-order valence-corrected chi connectivity index (χ4v) is 3.90. The maximum absolute atomic E-state index is 5.78. The minimum Gasteiger partial charge on any atom is -0.497 e. The topological polar surface area (TPSA) is 78.9 Å². The number of rotatable bonds is 6. The molecule has 4 aromatic rings. The lowest BCUT2D eigenvalue weighted by Gasteiger charge is -2.05. The van der Waals surface area contributed by atoms with Gasteiger partial charge >= 0.3 is 0 Å². The van der Waals surface area contributed by atoms with Crippen molar-refractivity contribution in [2.45, 2.75) is 17.8 Å². The van der Waals surface area contributed by atoms with Crippen LogP contribution in [0.5, 0.6) is 5.75 Å². The Labute approximate surface area is 158 Å². The van der Waals surface area contributed by atoms with Gasteiger partial charge in [-0.1, -0.05) is 17.8 Å². The predicted octanol–water partition coefficient (Wildman–Crippen LogP) is 3.99. The second-order valence-corrected chi connectivity index (χ2v) is 7.25. The molecule has 7 nitrogen and oxygen atoms in total. The summed E-state index contributed by atoms with van der Waals surface area (Å²) in [5.41, 5.74) is 1.76. The maximum Gasteiger partial charge on any atom is 0.236 e. The quantitative estimate of drug-likeness (QED) is 0.464. The minimum atomic E-state index is 0.622. The first-order valence-electron chi connectivity index (χ1n) is 7.80. The molecule has 26 heavy (non-hydrogen) atoms. The number of hydrogen-bond donors (Lipinski definition) is 0. The van der Waals surface area contributed by atoms with E-state index < -0.39 is 0 Å². The van der Waals surface area contributed by atoms with Crippen molar-refractivity contribution < 1.29 is 9.15 Å². The smallest absolute Gasteiger partial charge is 0.236 e. The lowest BCUT2D eigenvalue weighted by Crippen LogP contribution is -1.99. The summed E-state index contributed by atoms with van der Waals surface area (Å²) in [5.74, 6) is 2.87. The molecule has 4 rings (SSSR count). The van der Waals surface area contributed by atoms with Crippen molar-refractivity contribution in [3.8, 4) is 22.2 Å². The van der Waals surface area contributed by atoms with Crippen LogP contribution in [0.15, 0.2) is 51.4 Å². The number of nitrogens with zero attached hydrogens (tertiary/aromatic N) is 5. The van der Waals surface area contributed by atoms with Crippen LogP contribution in [0.4, 0.5) is 0 Å². The van der Waals surface area contributed by atoms with Crippen LogP contribution >= 0.6 is 23.1 Å². The first-order chi connectivity index (χ1) is 12.7. The van der Waals surface area contributed by atoms with Crippen molar-refractivity contribution in [2.24, 2.45) is 0 Å². The van der Waals surface area contributed by atoms with Gasteiger partial charge < -0.3 is 9.15 Å². The van der Waals surface area contributed by atoms with E-state index in [1.54, 1.807) is 23.1 Å². The summed E-state index contributed by atoms with van der Waals surface area (Å²) >= 11 is 3.12. The monoisotopic (exact) mass is 385 g/mol. The summed E-state index contributed by atoms with van der Waals surface area (Å²) < 4.78 is 12.7. The number of ether oxygens (including phenoxy) is 1.